The number of hydroxylamine groups is 2. The van der Waals surface area contributed by atoms with Crippen LogP contribution in [0.25, 0.3) is 0 Å². The molecule has 2 amide bonds. The second-order valence-corrected chi connectivity index (χ2v) is 17.7. The molecule has 0 saturated heterocycles. The highest BCUT2D eigenvalue weighted by Crippen LogP contribution is 2.28. The van der Waals surface area contributed by atoms with Crippen LogP contribution in [0.3, 0.4) is 0 Å². The molecular weight excluding hydrogens is 733 g/mol. The first kappa shape index (κ1) is 44.4. The van der Waals surface area contributed by atoms with Crippen molar-refractivity contribution in [2.45, 2.75) is 93.3 Å². The minimum absolute atomic E-state index is 0.0112. The third kappa shape index (κ3) is 15.4. The van der Waals surface area contributed by atoms with Gasteiger partial charge in [-0.2, -0.15) is 21.2 Å². The van der Waals surface area contributed by atoms with Gasteiger partial charge in [0.2, 0.25) is 20.0 Å². The van der Waals surface area contributed by atoms with Crippen molar-refractivity contribution in [1.29, 1.82) is 0 Å². The Hall–Kier alpha value is -3.81. The van der Waals surface area contributed by atoms with E-state index in [1.165, 1.54) is 65.8 Å². The average Bonchev–Trinajstić information content (AvgIpc) is 3.12. The number of sulfonamides is 2. The van der Waals surface area contributed by atoms with E-state index in [2.05, 4.69) is 33.1 Å². The summed E-state index contributed by atoms with van der Waals surface area (Å²) in [6.45, 7) is 9.67. The summed E-state index contributed by atoms with van der Waals surface area (Å²) in [6, 6.07) is 9.56. The molecule has 2 aromatic rings. The van der Waals surface area contributed by atoms with Crippen LogP contribution in [0, 0.1) is 29.6 Å². The normalized spacial score (nSPS) is 14.4. The van der Waals surface area contributed by atoms with Gasteiger partial charge < -0.3 is 9.47 Å². The zero-order chi connectivity index (χ0) is 38.8. The highest BCUT2D eigenvalue weighted by atomic mass is 32.2. The summed E-state index contributed by atoms with van der Waals surface area (Å²) in [4.78, 5) is 23.8. The van der Waals surface area contributed by atoms with Crippen molar-refractivity contribution in [1.82, 2.24) is 20.4 Å². The van der Waals surface area contributed by atoms with E-state index in [1.54, 1.807) is 19.3 Å². The number of carbonyl (C=O) groups is 2. The largest absolute Gasteiger partial charge is 0.481 e. The molecule has 0 aliphatic heterocycles. The summed E-state index contributed by atoms with van der Waals surface area (Å²) in [5.41, 5.74) is 3.08. The van der Waals surface area contributed by atoms with Crippen molar-refractivity contribution in [3.05, 3.63) is 48.5 Å². The maximum atomic E-state index is 12.6. The fourth-order valence-electron chi connectivity index (χ4n) is 4.78. The number of amides is 2. The summed E-state index contributed by atoms with van der Waals surface area (Å²) in [5, 5.41) is 17.9. The first-order valence-electron chi connectivity index (χ1n) is 16.4. The van der Waals surface area contributed by atoms with Crippen LogP contribution in [-0.2, 0) is 29.6 Å². The molecule has 0 aromatic heterocycles. The maximum absolute atomic E-state index is 12.6. The molecule has 3 rings (SSSR count). The topological polar surface area (TPSA) is 209 Å². The second-order valence-electron chi connectivity index (χ2n) is 12.4. The van der Waals surface area contributed by atoms with Gasteiger partial charge in [0.25, 0.3) is 11.8 Å². The van der Waals surface area contributed by atoms with Crippen molar-refractivity contribution in [2.75, 3.05) is 19.0 Å². The minimum atomic E-state index is -3.94. The average molecular weight is 781 g/mol. The van der Waals surface area contributed by atoms with Crippen LogP contribution in [0.2, 0.25) is 0 Å². The van der Waals surface area contributed by atoms with Crippen LogP contribution in [0.15, 0.2) is 58.3 Å². The molecule has 0 bridgehead atoms. The van der Waals surface area contributed by atoms with Crippen LogP contribution >= 0.6 is 11.8 Å². The molecule has 0 radical (unpaired) electrons. The van der Waals surface area contributed by atoms with Gasteiger partial charge in [-0.1, -0.05) is 51.9 Å². The lowest BCUT2D eigenvalue weighted by Crippen LogP contribution is -2.50. The fourth-order valence-corrected chi connectivity index (χ4v) is 8.25. The molecule has 2 aromatic carbocycles. The number of benzene rings is 2. The number of carbonyl (C=O) groups excluding carboxylic acids is 2. The van der Waals surface area contributed by atoms with Crippen LogP contribution in [0.5, 0.6) is 11.5 Å². The molecule has 1 aliphatic rings. The van der Waals surface area contributed by atoms with Gasteiger partial charge in [-0.05, 0) is 81.1 Å². The third-order valence-corrected chi connectivity index (χ3v) is 11.8. The van der Waals surface area contributed by atoms with Gasteiger partial charge in [0.1, 0.15) is 36.8 Å². The molecular formula is C35H48N4O10S3. The molecule has 2 unspecified atom stereocenters. The van der Waals surface area contributed by atoms with E-state index in [9.17, 15) is 26.4 Å². The fraction of sp³-hybridized carbons (Fsp3) is 0.486. The lowest BCUT2D eigenvalue weighted by atomic mass is 9.84. The molecule has 0 heterocycles. The summed E-state index contributed by atoms with van der Waals surface area (Å²) in [5.74, 6) is 10.4. The predicted molar refractivity (Wildman–Crippen MR) is 198 cm³/mol. The first-order chi connectivity index (χ1) is 24.6. The third-order valence-electron chi connectivity index (χ3n) is 7.45. The van der Waals surface area contributed by atoms with Crippen molar-refractivity contribution < 1.29 is 46.3 Å². The van der Waals surface area contributed by atoms with Gasteiger partial charge in [-0.15, -0.1) is 11.8 Å². The Morgan fingerprint density at radius 2 is 1.21 bits per heavy atom. The Bertz CT molecular complexity index is 1790. The van der Waals surface area contributed by atoms with E-state index < -0.39 is 43.9 Å². The number of thioether (sulfide) groups is 1. The molecule has 1 fully saturated rings. The van der Waals surface area contributed by atoms with Crippen LogP contribution in [-0.4, -0.2) is 74.9 Å². The summed E-state index contributed by atoms with van der Waals surface area (Å²) < 4.78 is 65.6. The standard InChI is InChI=1S/C18H24N2O5S.C17H24N2O5S2/c1-2-3-13-25-15-9-11-16(12-10-15)26(23,24)20-17(18(21)19-22)14-7-5-4-6-8-14;1-5-6-11-24-13-7-9-14(10-8-13)26(22,23)19-15(16(20)18-21)12-25-17(2,3)4/h9-12,14,17,20,22H,4-8,13H2,1H3,(H,19,21);7-10,15,19,21H,11-12H2,1-4H3,(H,18,20). The summed E-state index contributed by atoms with van der Waals surface area (Å²) in [7, 11) is -7.85. The van der Waals surface area contributed by atoms with Crippen LogP contribution in [0.1, 0.15) is 66.7 Å². The quantitative estimate of drug-likeness (QED) is 0.0874. The minimum Gasteiger partial charge on any atom is -0.481 e. The number of hydrogen-bond acceptors (Lipinski definition) is 11. The van der Waals surface area contributed by atoms with Crippen molar-refractivity contribution in [3.63, 3.8) is 0 Å². The van der Waals surface area contributed by atoms with E-state index >= 15 is 0 Å². The molecule has 14 nitrogen and oxygen atoms in total. The zero-order valence-electron chi connectivity index (χ0n) is 29.9. The molecule has 1 aliphatic carbocycles. The van der Waals surface area contributed by atoms with E-state index in [0.717, 1.165) is 32.1 Å². The number of rotatable bonds is 15. The monoisotopic (exact) mass is 780 g/mol. The molecule has 1 saturated carbocycles. The van der Waals surface area contributed by atoms with Gasteiger partial charge in [0.15, 0.2) is 0 Å². The Morgan fingerprint density at radius 1 is 0.769 bits per heavy atom. The van der Waals surface area contributed by atoms with Crippen molar-refractivity contribution >= 4 is 43.6 Å². The molecule has 286 valence electrons. The highest BCUT2D eigenvalue weighted by molar-refractivity contribution is 8.00. The van der Waals surface area contributed by atoms with E-state index in [0.29, 0.717) is 11.5 Å². The highest BCUT2D eigenvalue weighted by Gasteiger charge is 2.33. The van der Waals surface area contributed by atoms with Crippen LogP contribution < -0.4 is 29.9 Å². The van der Waals surface area contributed by atoms with Crippen molar-refractivity contribution in [2.24, 2.45) is 5.92 Å². The summed E-state index contributed by atoms with van der Waals surface area (Å²) in [6.07, 6.45) is 4.43. The smallest absolute Gasteiger partial charge is 0.262 e. The molecule has 17 heteroatoms. The second kappa shape index (κ2) is 21.7. The summed E-state index contributed by atoms with van der Waals surface area (Å²) >= 11 is 1.40. The number of nitrogens with one attached hydrogen (secondary N) is 4. The lowest BCUT2D eigenvalue weighted by molar-refractivity contribution is -0.132. The van der Waals surface area contributed by atoms with Gasteiger partial charge in [-0.25, -0.2) is 27.8 Å². The Labute approximate surface area is 311 Å². The SMILES string of the molecule is CC#CCOc1ccc(S(=O)(=O)NC(C(=O)NO)C2CCCCC2)cc1.CC#CCOc1ccc(S(=O)(=O)NC(CSC(C)(C)C)C(=O)NO)cc1. The van der Waals surface area contributed by atoms with Gasteiger partial charge in [0.05, 0.1) is 9.79 Å². The maximum Gasteiger partial charge on any atom is 0.262 e. The lowest BCUT2D eigenvalue weighted by Gasteiger charge is -2.29. The molecule has 0 spiro atoms. The van der Waals surface area contributed by atoms with E-state index in [4.69, 9.17) is 19.9 Å². The van der Waals surface area contributed by atoms with Gasteiger partial charge >= 0.3 is 0 Å². The molecule has 6 N–H and O–H groups in total. The Kier molecular flexibility index (Phi) is 18.5. The number of ether oxygens (including phenoxy) is 2. The van der Waals surface area contributed by atoms with Gasteiger partial charge in [0, 0.05) is 10.5 Å². The number of hydrogen-bond donors (Lipinski definition) is 6. The van der Waals surface area contributed by atoms with Crippen LogP contribution in [0.4, 0.5) is 0 Å². The van der Waals surface area contributed by atoms with Crippen molar-refractivity contribution in [3.8, 4) is 35.2 Å². The predicted octanol–water partition coefficient (Wildman–Crippen LogP) is 3.59. The zero-order valence-corrected chi connectivity index (χ0v) is 32.3. The van der Waals surface area contributed by atoms with E-state index in [1.807, 2.05) is 20.8 Å². The molecule has 52 heavy (non-hydrogen) atoms. The molecule has 2 atom stereocenters. The van der Waals surface area contributed by atoms with E-state index in [-0.39, 0.29) is 39.4 Å². The first-order valence-corrected chi connectivity index (χ1v) is 20.3. The Morgan fingerprint density at radius 3 is 1.62 bits per heavy atom. The van der Waals surface area contributed by atoms with Gasteiger partial charge in [-0.3, -0.25) is 20.0 Å². The Balaban J connectivity index is 0.000000360.